The summed E-state index contributed by atoms with van der Waals surface area (Å²) < 4.78 is 6.33. The number of carbonyl (C=O) groups is 1. The predicted octanol–water partition coefficient (Wildman–Crippen LogP) is 6.48. The Bertz CT molecular complexity index is 1410. The van der Waals surface area contributed by atoms with Gasteiger partial charge in [-0.3, -0.25) is 4.79 Å². The number of carbonyl (C=O) groups excluding carboxylic acids is 1. The van der Waals surface area contributed by atoms with Gasteiger partial charge in [0.1, 0.15) is 5.82 Å². The molecule has 2 aliphatic heterocycles. The highest BCUT2D eigenvalue weighted by Gasteiger charge is 2.33. The Morgan fingerprint density at radius 2 is 1.98 bits per heavy atom. The molecule has 3 aliphatic rings. The summed E-state index contributed by atoms with van der Waals surface area (Å²) >= 11 is 0. The third kappa shape index (κ3) is 6.93. The number of fused-ring (bicyclic) bond motifs is 1. The van der Waals surface area contributed by atoms with Crippen LogP contribution in [0.25, 0.3) is 5.57 Å². The lowest BCUT2D eigenvalue weighted by Crippen LogP contribution is -2.55. The van der Waals surface area contributed by atoms with Crippen LogP contribution >= 0.6 is 0 Å². The van der Waals surface area contributed by atoms with Crippen molar-refractivity contribution in [2.24, 2.45) is 11.8 Å². The predicted molar refractivity (Wildman–Crippen MR) is 177 cm³/mol. The summed E-state index contributed by atoms with van der Waals surface area (Å²) in [5.41, 5.74) is 6.76. The average Bonchev–Trinajstić information content (AvgIpc) is 3.04. The SMILES string of the molecule is C=CC(=O)N1CCN(c2nc(OCCC(C)C3CCCCC3)nc3c2CCN(c2cccc(C)c2C(=C)C)C3)C[C@@H]1CC#N. The lowest BCUT2D eigenvalue weighted by Gasteiger charge is -2.42. The second-order valence-corrected chi connectivity index (χ2v) is 12.9. The number of anilines is 2. The topological polar surface area (TPSA) is 85.6 Å². The highest BCUT2D eigenvalue weighted by atomic mass is 16.5. The number of ether oxygens (including phenoxy) is 1. The molecule has 0 N–H and O–H groups in total. The molecule has 1 saturated heterocycles. The Hall–Kier alpha value is -3.86. The molecule has 234 valence electrons. The van der Waals surface area contributed by atoms with Crippen LogP contribution in [0.15, 0.2) is 37.4 Å². The molecule has 0 bridgehead atoms. The van der Waals surface area contributed by atoms with Gasteiger partial charge in [-0.25, -0.2) is 0 Å². The second-order valence-electron chi connectivity index (χ2n) is 12.9. The fourth-order valence-electron chi connectivity index (χ4n) is 7.40. The van der Waals surface area contributed by atoms with Crippen molar-refractivity contribution >= 4 is 23.0 Å². The van der Waals surface area contributed by atoms with Crippen LogP contribution in [-0.4, -0.2) is 59.6 Å². The van der Waals surface area contributed by atoms with Gasteiger partial charge in [0.15, 0.2) is 0 Å². The van der Waals surface area contributed by atoms with E-state index in [1.807, 2.05) is 0 Å². The van der Waals surface area contributed by atoms with Crippen molar-refractivity contribution in [2.45, 2.75) is 84.7 Å². The number of aryl methyl sites for hydroxylation is 1. The molecule has 0 spiro atoms. The van der Waals surface area contributed by atoms with Crippen LogP contribution in [0.5, 0.6) is 6.01 Å². The monoisotopic (exact) mass is 596 g/mol. The lowest BCUT2D eigenvalue weighted by atomic mass is 9.80. The second kappa shape index (κ2) is 14.3. The first-order valence-corrected chi connectivity index (χ1v) is 16.4. The number of allylic oxidation sites excluding steroid dienone is 1. The van der Waals surface area contributed by atoms with Crippen LogP contribution in [0, 0.1) is 30.1 Å². The van der Waals surface area contributed by atoms with Gasteiger partial charge in [0.2, 0.25) is 5.91 Å². The van der Waals surface area contributed by atoms with Crippen molar-refractivity contribution in [1.29, 1.82) is 5.26 Å². The minimum atomic E-state index is -0.226. The molecule has 2 aromatic rings. The molecule has 1 saturated carbocycles. The highest BCUT2D eigenvalue weighted by molar-refractivity contribution is 5.87. The molecule has 44 heavy (non-hydrogen) atoms. The zero-order valence-electron chi connectivity index (χ0n) is 26.9. The molecule has 1 aromatic heterocycles. The third-order valence-electron chi connectivity index (χ3n) is 9.87. The van der Waals surface area contributed by atoms with Gasteiger partial charge in [-0.1, -0.05) is 64.3 Å². The molecule has 8 nitrogen and oxygen atoms in total. The molecule has 8 heteroatoms. The quantitative estimate of drug-likeness (QED) is 0.290. The Labute approximate surface area is 263 Å². The number of hydrogen-bond donors (Lipinski definition) is 0. The molecule has 0 radical (unpaired) electrons. The highest BCUT2D eigenvalue weighted by Crippen LogP contribution is 2.36. The van der Waals surface area contributed by atoms with Crippen LogP contribution in [0.4, 0.5) is 11.5 Å². The Kier molecular flexibility index (Phi) is 10.2. The van der Waals surface area contributed by atoms with E-state index in [0.29, 0.717) is 44.7 Å². The van der Waals surface area contributed by atoms with Gasteiger partial charge in [0.05, 0.1) is 37.4 Å². The number of hydrogen-bond acceptors (Lipinski definition) is 7. The van der Waals surface area contributed by atoms with E-state index in [2.05, 4.69) is 68.0 Å². The minimum Gasteiger partial charge on any atom is -0.463 e. The average molecular weight is 597 g/mol. The maximum absolute atomic E-state index is 12.6. The molecule has 3 heterocycles. The molecular formula is C36H48N6O2. The van der Waals surface area contributed by atoms with Crippen molar-refractivity contribution in [3.05, 3.63) is 59.8 Å². The van der Waals surface area contributed by atoms with E-state index in [4.69, 9.17) is 14.7 Å². The standard InChI is InChI=1S/C36H48N6O2/c1-6-33(43)42-21-20-41(23-29(42)15-18-37)35-30-16-19-40(32-14-10-11-27(5)34(32)25(2)3)24-31(30)38-36(39-35)44-22-17-26(4)28-12-8-7-9-13-28/h6,10-11,14,26,28-29H,1-2,7-9,12-13,15-17,19-24H2,3-5H3/t26?,29-/m0/s1. The van der Waals surface area contributed by atoms with E-state index in [9.17, 15) is 10.1 Å². The van der Waals surface area contributed by atoms with Crippen molar-refractivity contribution in [3.63, 3.8) is 0 Å². The summed E-state index contributed by atoms with van der Waals surface area (Å²) in [4.78, 5) is 29.0. The number of nitriles is 1. The molecule has 1 unspecified atom stereocenters. The molecule has 1 aromatic carbocycles. The summed E-state index contributed by atoms with van der Waals surface area (Å²) in [7, 11) is 0. The van der Waals surface area contributed by atoms with Crippen LogP contribution in [0.2, 0.25) is 0 Å². The van der Waals surface area contributed by atoms with Crippen LogP contribution in [0.3, 0.4) is 0 Å². The molecule has 2 atom stereocenters. The summed E-state index contributed by atoms with van der Waals surface area (Å²) in [6.07, 6.45) is 10.1. The maximum Gasteiger partial charge on any atom is 0.318 e. The molecule has 1 amide bonds. The van der Waals surface area contributed by atoms with Gasteiger partial charge in [-0.05, 0) is 61.8 Å². The minimum absolute atomic E-state index is 0.132. The Morgan fingerprint density at radius 3 is 2.70 bits per heavy atom. The first-order valence-electron chi connectivity index (χ1n) is 16.4. The first kappa shape index (κ1) is 31.6. The smallest absolute Gasteiger partial charge is 0.318 e. The summed E-state index contributed by atoms with van der Waals surface area (Å²) in [5.74, 6) is 2.15. The fraction of sp³-hybridized carbons (Fsp3) is 0.556. The van der Waals surface area contributed by atoms with E-state index in [0.717, 1.165) is 48.0 Å². The largest absolute Gasteiger partial charge is 0.463 e. The van der Waals surface area contributed by atoms with Gasteiger partial charge in [0.25, 0.3) is 0 Å². The number of nitrogens with zero attached hydrogens (tertiary/aromatic N) is 6. The normalized spacial score (nSPS) is 19.6. The number of rotatable bonds is 10. The maximum atomic E-state index is 12.6. The summed E-state index contributed by atoms with van der Waals surface area (Å²) in [6.45, 7) is 18.3. The van der Waals surface area contributed by atoms with E-state index in [-0.39, 0.29) is 18.4 Å². The molecule has 5 rings (SSSR count). The van der Waals surface area contributed by atoms with Crippen LogP contribution in [0.1, 0.15) is 81.2 Å². The van der Waals surface area contributed by atoms with Gasteiger partial charge >= 0.3 is 6.01 Å². The van der Waals surface area contributed by atoms with Gasteiger partial charge < -0.3 is 19.4 Å². The molecule has 2 fully saturated rings. The molecular weight excluding hydrogens is 548 g/mol. The van der Waals surface area contributed by atoms with E-state index < -0.39 is 0 Å². The summed E-state index contributed by atoms with van der Waals surface area (Å²) in [6, 6.07) is 8.89. The fourth-order valence-corrected chi connectivity index (χ4v) is 7.40. The zero-order valence-corrected chi connectivity index (χ0v) is 26.9. The lowest BCUT2D eigenvalue weighted by molar-refractivity contribution is -0.128. The van der Waals surface area contributed by atoms with Crippen molar-refractivity contribution < 1.29 is 9.53 Å². The van der Waals surface area contributed by atoms with Crippen LogP contribution in [-0.2, 0) is 17.8 Å². The third-order valence-corrected chi connectivity index (χ3v) is 9.87. The zero-order chi connectivity index (χ0) is 31.2. The molecule has 1 aliphatic carbocycles. The van der Waals surface area contributed by atoms with Gasteiger partial charge in [-0.15, -0.1) is 0 Å². The number of amides is 1. The van der Waals surface area contributed by atoms with E-state index in [1.54, 1.807) is 4.90 Å². The Morgan fingerprint density at radius 1 is 1.18 bits per heavy atom. The van der Waals surface area contributed by atoms with Crippen molar-refractivity contribution in [1.82, 2.24) is 14.9 Å². The van der Waals surface area contributed by atoms with Crippen molar-refractivity contribution in [3.8, 4) is 12.1 Å². The van der Waals surface area contributed by atoms with E-state index in [1.165, 1.54) is 55.0 Å². The number of piperazine rings is 1. The Balaban J connectivity index is 1.42. The number of benzene rings is 1. The van der Waals surface area contributed by atoms with Crippen molar-refractivity contribution in [2.75, 3.05) is 42.6 Å². The van der Waals surface area contributed by atoms with Gasteiger partial charge in [-0.2, -0.15) is 15.2 Å². The van der Waals surface area contributed by atoms with Crippen LogP contribution < -0.4 is 14.5 Å². The van der Waals surface area contributed by atoms with Gasteiger partial charge in [0, 0.05) is 43.0 Å². The van der Waals surface area contributed by atoms with E-state index >= 15 is 0 Å². The first-order chi connectivity index (χ1) is 21.3. The number of aromatic nitrogens is 2. The summed E-state index contributed by atoms with van der Waals surface area (Å²) in [5, 5.41) is 9.55.